The van der Waals surface area contributed by atoms with Crippen LogP contribution in [-0.4, -0.2) is 102 Å². The van der Waals surface area contributed by atoms with Crippen LogP contribution in [0, 0.1) is 5.92 Å². The maximum Gasteiger partial charge on any atom is 0.490 e. The van der Waals surface area contributed by atoms with Crippen molar-refractivity contribution in [1.29, 1.82) is 0 Å². The van der Waals surface area contributed by atoms with Gasteiger partial charge in [-0.1, -0.05) is 12.5 Å². The normalized spacial score (nSPS) is 17.5. The van der Waals surface area contributed by atoms with Crippen LogP contribution in [0.4, 0.5) is 39.5 Å². The van der Waals surface area contributed by atoms with Crippen LogP contribution < -0.4 is 0 Å². The highest BCUT2D eigenvalue weighted by Crippen LogP contribution is 2.20. The van der Waals surface area contributed by atoms with E-state index in [2.05, 4.69) is 42.8 Å². The summed E-state index contributed by atoms with van der Waals surface area (Å²) in [6, 6.07) is 8.35. The van der Waals surface area contributed by atoms with Gasteiger partial charge in [0.1, 0.15) is 0 Å². The fraction of sp³-hybridized carbons (Fsp3) is 0.560. The van der Waals surface area contributed by atoms with Crippen molar-refractivity contribution in [2.24, 2.45) is 5.92 Å². The Morgan fingerprint density at radius 2 is 1.24 bits per heavy atom. The molecule has 45 heavy (non-hydrogen) atoms. The van der Waals surface area contributed by atoms with Crippen LogP contribution in [0.1, 0.15) is 30.7 Å². The van der Waals surface area contributed by atoms with Crippen LogP contribution in [0.5, 0.6) is 0 Å². The average molecular weight is 668 g/mol. The van der Waals surface area contributed by atoms with Crippen molar-refractivity contribution in [3.05, 3.63) is 48.0 Å². The second-order valence-corrected chi connectivity index (χ2v) is 9.63. The maximum atomic E-state index is 10.6. The Balaban J connectivity index is 0.000000396. The first-order chi connectivity index (χ1) is 20.7. The number of fused-ring (bicyclic) bond motifs is 1. The molecule has 20 heteroatoms. The molecule has 2 aromatic rings. The van der Waals surface area contributed by atoms with Crippen molar-refractivity contribution >= 4 is 17.9 Å². The van der Waals surface area contributed by atoms with E-state index in [-0.39, 0.29) is 0 Å². The molecule has 0 aliphatic carbocycles. The van der Waals surface area contributed by atoms with E-state index in [0.717, 1.165) is 31.9 Å². The van der Waals surface area contributed by atoms with Gasteiger partial charge in [0.05, 0.1) is 11.4 Å². The highest BCUT2D eigenvalue weighted by Gasteiger charge is 2.39. The molecule has 1 unspecified atom stereocenters. The number of rotatable bonds is 4. The molecule has 0 spiro atoms. The molecule has 1 atom stereocenters. The minimum atomic E-state index is -5.08. The summed E-state index contributed by atoms with van der Waals surface area (Å²) in [5.41, 5.74) is 2.48. The Bertz CT molecular complexity index is 1140. The van der Waals surface area contributed by atoms with E-state index >= 15 is 0 Å². The SMILES string of the molecule is O=C(O)C(F)(F)F.O=C(O)C(F)(F)F.O=C(O)C(F)(F)F.c1ccc(CN2Cc3ccnn3CC(CN3CCCCC3)C2)nc1. The molecule has 0 bridgehead atoms. The van der Waals surface area contributed by atoms with Crippen LogP contribution in [-0.2, 0) is 34.0 Å². The number of halogens is 9. The third-order valence-electron chi connectivity index (χ3n) is 5.94. The number of piperidine rings is 1. The summed E-state index contributed by atoms with van der Waals surface area (Å²) < 4.78 is 97.4. The number of likely N-dealkylation sites (tertiary alicyclic amines) is 1. The summed E-state index contributed by atoms with van der Waals surface area (Å²) in [7, 11) is 0. The first-order valence-corrected chi connectivity index (χ1v) is 13.0. The van der Waals surface area contributed by atoms with Crippen LogP contribution in [0.2, 0.25) is 0 Å². The molecule has 2 aliphatic heterocycles. The smallest absolute Gasteiger partial charge is 0.475 e. The van der Waals surface area contributed by atoms with Crippen molar-refractivity contribution in [1.82, 2.24) is 24.6 Å². The standard InChI is InChI=1S/C19H27N5.3C2HF3O2/c1-4-10-22(11-5-1)12-17-13-23(15-18-6-2-3-8-20-18)16-19-7-9-21-24(19)14-17;3*3-2(4,5)1(6)7/h2-3,6-9,17H,1,4-5,10-16H2;3*(H,6,7). The zero-order valence-corrected chi connectivity index (χ0v) is 23.3. The molecule has 2 aromatic heterocycles. The van der Waals surface area contributed by atoms with Gasteiger partial charge in [0.15, 0.2) is 0 Å². The molecule has 0 radical (unpaired) electrons. The third kappa shape index (κ3) is 16.1. The molecule has 1 saturated heterocycles. The molecule has 0 amide bonds. The summed E-state index contributed by atoms with van der Waals surface area (Å²) in [6.45, 7) is 7.77. The van der Waals surface area contributed by atoms with Crippen LogP contribution in [0.3, 0.4) is 0 Å². The van der Waals surface area contributed by atoms with Crippen molar-refractivity contribution < 1.29 is 69.2 Å². The number of aromatic nitrogens is 3. The minimum Gasteiger partial charge on any atom is -0.475 e. The van der Waals surface area contributed by atoms with Gasteiger partial charge in [0, 0.05) is 51.0 Å². The number of hydrogen-bond acceptors (Lipinski definition) is 7. The molecule has 0 saturated carbocycles. The number of carboxylic acids is 3. The number of aliphatic carboxylic acids is 3. The van der Waals surface area contributed by atoms with E-state index in [1.807, 2.05) is 18.5 Å². The van der Waals surface area contributed by atoms with Crippen molar-refractivity contribution in [2.45, 2.75) is 57.4 Å². The molecule has 3 N–H and O–H groups in total. The van der Waals surface area contributed by atoms with Crippen molar-refractivity contribution in [2.75, 3.05) is 26.2 Å². The third-order valence-corrected chi connectivity index (χ3v) is 5.94. The van der Waals surface area contributed by atoms with E-state index in [1.165, 1.54) is 44.6 Å². The first-order valence-electron chi connectivity index (χ1n) is 13.0. The molecule has 1 fully saturated rings. The summed E-state index contributed by atoms with van der Waals surface area (Å²) in [5.74, 6) is -7.64. The molecule has 11 nitrogen and oxygen atoms in total. The number of carbonyl (C=O) groups is 3. The van der Waals surface area contributed by atoms with Gasteiger partial charge in [-0.15, -0.1) is 0 Å². The van der Waals surface area contributed by atoms with Crippen LogP contribution in [0.15, 0.2) is 36.7 Å². The lowest BCUT2D eigenvalue weighted by Crippen LogP contribution is -2.39. The van der Waals surface area contributed by atoms with Gasteiger partial charge >= 0.3 is 36.4 Å². The monoisotopic (exact) mass is 667 g/mol. The van der Waals surface area contributed by atoms with E-state index in [0.29, 0.717) is 5.92 Å². The van der Waals surface area contributed by atoms with Crippen molar-refractivity contribution in [3.63, 3.8) is 0 Å². The van der Waals surface area contributed by atoms with Crippen LogP contribution >= 0.6 is 0 Å². The summed E-state index contributed by atoms with van der Waals surface area (Å²) in [6.07, 6.45) is -7.30. The van der Waals surface area contributed by atoms with E-state index < -0.39 is 36.4 Å². The van der Waals surface area contributed by atoms with Gasteiger partial charge < -0.3 is 20.2 Å². The minimum absolute atomic E-state index is 0.632. The summed E-state index contributed by atoms with van der Waals surface area (Å²) in [4.78, 5) is 36.4. The topological polar surface area (TPSA) is 149 Å². The Morgan fingerprint density at radius 3 is 1.69 bits per heavy atom. The molecular weight excluding hydrogens is 637 g/mol. The predicted octanol–water partition coefficient (Wildman–Crippen LogP) is 4.30. The number of nitrogens with zero attached hydrogens (tertiary/aromatic N) is 5. The van der Waals surface area contributed by atoms with Gasteiger partial charge in [-0.2, -0.15) is 44.6 Å². The zero-order valence-electron chi connectivity index (χ0n) is 23.3. The van der Waals surface area contributed by atoms with Crippen molar-refractivity contribution in [3.8, 4) is 0 Å². The lowest BCUT2D eigenvalue weighted by atomic mass is 10.1. The van der Waals surface area contributed by atoms with E-state index in [9.17, 15) is 39.5 Å². The Labute approximate surface area is 249 Å². The fourth-order valence-electron chi connectivity index (χ4n) is 4.08. The molecular formula is C25H30F9N5O6. The van der Waals surface area contributed by atoms with Crippen LogP contribution in [0.25, 0.3) is 0 Å². The second-order valence-electron chi connectivity index (χ2n) is 9.63. The molecule has 4 rings (SSSR count). The van der Waals surface area contributed by atoms with Gasteiger partial charge in [0.25, 0.3) is 0 Å². The zero-order chi connectivity index (χ0) is 34.4. The Hall–Kier alpha value is -3.94. The molecule has 254 valence electrons. The lowest BCUT2D eigenvalue weighted by Gasteiger charge is -2.31. The van der Waals surface area contributed by atoms with E-state index in [4.69, 9.17) is 29.7 Å². The number of pyridine rings is 1. The van der Waals surface area contributed by atoms with Gasteiger partial charge in [0.2, 0.25) is 0 Å². The highest BCUT2D eigenvalue weighted by molar-refractivity contribution is 5.73. The van der Waals surface area contributed by atoms with Gasteiger partial charge in [-0.05, 0) is 44.1 Å². The number of hydrogen-bond donors (Lipinski definition) is 3. The Kier molecular flexibility index (Phi) is 15.2. The van der Waals surface area contributed by atoms with Gasteiger partial charge in [-0.3, -0.25) is 14.6 Å². The predicted molar refractivity (Wildman–Crippen MR) is 135 cm³/mol. The molecule has 0 aromatic carbocycles. The fourth-order valence-corrected chi connectivity index (χ4v) is 4.08. The largest absolute Gasteiger partial charge is 0.490 e. The first kappa shape index (κ1) is 39.1. The van der Waals surface area contributed by atoms with Gasteiger partial charge in [-0.25, -0.2) is 14.4 Å². The second kappa shape index (κ2) is 17.5. The molecule has 4 heterocycles. The number of carboxylic acid groups (broad SMARTS) is 3. The highest BCUT2D eigenvalue weighted by atomic mass is 19.4. The average Bonchev–Trinajstić information content (AvgIpc) is 3.28. The summed E-state index contributed by atoms with van der Waals surface area (Å²) in [5, 5.41) is 25.9. The summed E-state index contributed by atoms with van der Waals surface area (Å²) >= 11 is 0. The molecule has 2 aliphatic rings. The maximum absolute atomic E-state index is 10.6. The Morgan fingerprint density at radius 1 is 0.733 bits per heavy atom. The van der Waals surface area contributed by atoms with E-state index in [1.54, 1.807) is 0 Å². The lowest BCUT2D eigenvalue weighted by molar-refractivity contribution is -0.193. The number of alkyl halides is 9. The quantitative estimate of drug-likeness (QED) is 0.403.